The number of hydrogen-bond donors (Lipinski definition) is 0. The summed E-state index contributed by atoms with van der Waals surface area (Å²) in [6.45, 7) is 16.8. The topological polar surface area (TPSA) is 71.3 Å². The normalized spacial score (nSPS) is 17.3. The smallest absolute Gasteiger partial charge is 0.349 e. The Morgan fingerprint density at radius 2 is 1.65 bits per heavy atom. The number of anilines is 1. The monoisotopic (exact) mass is 601 g/mol. The summed E-state index contributed by atoms with van der Waals surface area (Å²) in [6, 6.07) is 13.8. The minimum absolute atomic E-state index is 0.102. The minimum atomic E-state index is -0.490. The van der Waals surface area contributed by atoms with E-state index in [1.807, 2.05) is 36.9 Å². The van der Waals surface area contributed by atoms with Crippen molar-refractivity contribution in [3.05, 3.63) is 93.6 Å². The van der Waals surface area contributed by atoms with Crippen LogP contribution in [0.5, 0.6) is 0 Å². The number of aromatic nitrogens is 3. The van der Waals surface area contributed by atoms with E-state index in [1.54, 1.807) is 33.7 Å². The molecule has 1 aliphatic heterocycles. The highest BCUT2D eigenvalue weighted by Gasteiger charge is 2.34. The Morgan fingerprint density at radius 3 is 2.26 bits per heavy atom. The van der Waals surface area contributed by atoms with Crippen LogP contribution in [0.4, 0.5) is 10.2 Å². The van der Waals surface area contributed by atoms with Crippen molar-refractivity contribution in [2.75, 3.05) is 18.0 Å². The summed E-state index contributed by atoms with van der Waals surface area (Å²) in [5.41, 5.74) is 3.03. The maximum absolute atomic E-state index is 15.1. The van der Waals surface area contributed by atoms with Crippen LogP contribution in [0.1, 0.15) is 64.5 Å². The van der Waals surface area contributed by atoms with Gasteiger partial charge in [0.1, 0.15) is 11.6 Å². The van der Waals surface area contributed by atoms with E-state index < -0.39 is 11.5 Å². The molecule has 224 valence electrons. The summed E-state index contributed by atoms with van der Waals surface area (Å²) in [5.74, 6) is 0.0345. The van der Waals surface area contributed by atoms with Crippen molar-refractivity contribution < 1.29 is 9.18 Å². The molecule has 0 unspecified atom stereocenters. The second-order valence-electron chi connectivity index (χ2n) is 11.9. The first-order chi connectivity index (χ1) is 20.4. The summed E-state index contributed by atoms with van der Waals surface area (Å²) in [6.07, 6.45) is 1.32. The number of halogens is 2. The molecule has 43 heavy (non-hydrogen) atoms. The van der Waals surface area contributed by atoms with Crippen LogP contribution in [0.2, 0.25) is 5.02 Å². The van der Waals surface area contributed by atoms with Crippen molar-refractivity contribution in [3.8, 4) is 16.9 Å². The lowest BCUT2D eigenvalue weighted by Gasteiger charge is -2.44. The number of para-hydroxylation sites is 1. The van der Waals surface area contributed by atoms with Gasteiger partial charge in [-0.25, -0.2) is 18.7 Å². The lowest BCUT2D eigenvalue weighted by Crippen LogP contribution is -2.58. The molecular weight excluding hydrogens is 565 g/mol. The third kappa shape index (κ3) is 5.44. The molecule has 1 saturated heterocycles. The molecule has 0 aliphatic carbocycles. The number of carbonyl (C=O) groups excluding carboxylic acids is 1. The van der Waals surface area contributed by atoms with Gasteiger partial charge in [0.2, 0.25) is 5.91 Å². The summed E-state index contributed by atoms with van der Waals surface area (Å²) in [5, 5.41) is 0.814. The number of rotatable bonds is 6. The average Bonchev–Trinajstić information content (AvgIpc) is 2.97. The van der Waals surface area contributed by atoms with Gasteiger partial charge in [-0.2, -0.15) is 4.98 Å². The van der Waals surface area contributed by atoms with Crippen LogP contribution in [0.15, 0.2) is 66.0 Å². The Hall–Kier alpha value is -4.04. The number of pyridine rings is 1. The molecule has 3 heterocycles. The zero-order valence-electron chi connectivity index (χ0n) is 25.4. The Balaban J connectivity index is 1.86. The van der Waals surface area contributed by atoms with Crippen molar-refractivity contribution in [1.29, 1.82) is 0 Å². The van der Waals surface area contributed by atoms with Gasteiger partial charge >= 0.3 is 5.69 Å². The molecule has 5 rings (SSSR count). The van der Waals surface area contributed by atoms with Crippen molar-refractivity contribution in [1.82, 2.24) is 19.4 Å². The number of hydrogen-bond acceptors (Lipinski definition) is 5. The zero-order valence-corrected chi connectivity index (χ0v) is 26.2. The Bertz CT molecular complexity index is 1760. The molecule has 2 aromatic heterocycles. The predicted octanol–water partition coefficient (Wildman–Crippen LogP) is 7.10. The van der Waals surface area contributed by atoms with Gasteiger partial charge in [-0.15, -0.1) is 0 Å². The van der Waals surface area contributed by atoms with Crippen LogP contribution in [0.3, 0.4) is 0 Å². The summed E-state index contributed by atoms with van der Waals surface area (Å²) in [7, 11) is 0. The van der Waals surface area contributed by atoms with E-state index >= 15 is 4.39 Å². The highest BCUT2D eigenvalue weighted by atomic mass is 35.5. The first-order valence-electron chi connectivity index (χ1n) is 14.7. The number of fused-ring (bicyclic) bond motifs is 1. The molecule has 1 fully saturated rings. The van der Waals surface area contributed by atoms with Gasteiger partial charge in [0.15, 0.2) is 5.65 Å². The molecule has 0 radical (unpaired) electrons. The van der Waals surface area contributed by atoms with Crippen LogP contribution < -0.4 is 10.6 Å². The lowest BCUT2D eigenvalue weighted by atomic mass is 9.92. The lowest BCUT2D eigenvalue weighted by molar-refractivity contribution is -0.128. The Labute approximate surface area is 256 Å². The molecule has 4 aromatic rings. The Kier molecular flexibility index (Phi) is 8.43. The van der Waals surface area contributed by atoms with Crippen molar-refractivity contribution >= 4 is 34.4 Å². The highest BCUT2D eigenvalue weighted by molar-refractivity contribution is 6.33. The van der Waals surface area contributed by atoms with E-state index in [-0.39, 0.29) is 46.1 Å². The quantitative estimate of drug-likeness (QED) is 0.221. The molecule has 0 N–H and O–H groups in total. The van der Waals surface area contributed by atoms with Gasteiger partial charge in [0.05, 0.1) is 21.8 Å². The third-order valence-electron chi connectivity index (χ3n) is 8.21. The number of amides is 1. The van der Waals surface area contributed by atoms with E-state index in [0.717, 1.165) is 16.8 Å². The molecule has 1 amide bonds. The van der Waals surface area contributed by atoms with Crippen molar-refractivity contribution in [2.24, 2.45) is 0 Å². The second-order valence-corrected chi connectivity index (χ2v) is 12.3. The van der Waals surface area contributed by atoms with E-state index in [9.17, 15) is 9.59 Å². The van der Waals surface area contributed by atoms with Crippen LogP contribution >= 0.6 is 11.6 Å². The molecule has 0 bridgehead atoms. The number of benzene rings is 2. The number of nitrogens with zero attached hydrogens (tertiary/aromatic N) is 5. The van der Waals surface area contributed by atoms with Gasteiger partial charge < -0.3 is 9.80 Å². The molecule has 2 atom stereocenters. The van der Waals surface area contributed by atoms with Gasteiger partial charge in [-0.05, 0) is 61.1 Å². The molecule has 1 aliphatic rings. The minimum Gasteiger partial charge on any atom is -0.349 e. The van der Waals surface area contributed by atoms with Crippen LogP contribution in [0.25, 0.3) is 28.0 Å². The first-order valence-corrected chi connectivity index (χ1v) is 15.0. The van der Waals surface area contributed by atoms with E-state index in [1.165, 1.54) is 12.1 Å². The van der Waals surface area contributed by atoms with Crippen molar-refractivity contribution in [3.63, 3.8) is 0 Å². The molecule has 2 aromatic carbocycles. The van der Waals surface area contributed by atoms with E-state index in [2.05, 4.69) is 39.3 Å². The second kappa shape index (κ2) is 11.9. The SMILES string of the molecule is C=CC(=O)N1C[C@H](C)N(c2nc(=O)n(-c3c(C(C)C)cccc3C(C)C)c3nc(-c4ccccc4F)c(Cl)cc23)C[C@H]1C. The largest absolute Gasteiger partial charge is 0.355 e. The summed E-state index contributed by atoms with van der Waals surface area (Å²) >= 11 is 6.84. The number of carbonyl (C=O) groups is 1. The molecule has 7 nitrogen and oxygen atoms in total. The van der Waals surface area contributed by atoms with Gasteiger partial charge in [0, 0.05) is 30.7 Å². The summed E-state index contributed by atoms with van der Waals surface area (Å²) in [4.78, 5) is 40.2. The Morgan fingerprint density at radius 1 is 1.00 bits per heavy atom. The summed E-state index contributed by atoms with van der Waals surface area (Å²) < 4.78 is 16.6. The van der Waals surface area contributed by atoms with Gasteiger partial charge in [0.25, 0.3) is 0 Å². The maximum atomic E-state index is 15.1. The van der Waals surface area contributed by atoms with Gasteiger partial charge in [-0.3, -0.25) is 4.79 Å². The molecule has 9 heteroatoms. The van der Waals surface area contributed by atoms with Gasteiger partial charge in [-0.1, -0.05) is 76.2 Å². The zero-order chi connectivity index (χ0) is 31.2. The van der Waals surface area contributed by atoms with Crippen LogP contribution in [0, 0.1) is 5.82 Å². The predicted molar refractivity (Wildman–Crippen MR) is 172 cm³/mol. The highest BCUT2D eigenvalue weighted by Crippen LogP contribution is 2.38. The average molecular weight is 602 g/mol. The van der Waals surface area contributed by atoms with Crippen molar-refractivity contribution in [2.45, 2.75) is 65.5 Å². The number of piperazine rings is 1. The maximum Gasteiger partial charge on any atom is 0.355 e. The standard InChI is InChI=1S/C34H37ClFN5O2/c1-8-29(42)39-17-22(7)40(18-21(39)6)32-26-16-27(35)30(25-12-9-10-15-28(25)36)37-33(26)41(34(43)38-32)31-23(19(2)3)13-11-14-24(31)20(4)5/h8-16,19-22H,1,17-18H2,2-7H3/t21-,22+/m1/s1. The van der Waals surface area contributed by atoms with E-state index in [0.29, 0.717) is 29.9 Å². The fourth-order valence-electron chi connectivity index (χ4n) is 5.98. The fraction of sp³-hybridized carbons (Fsp3) is 0.353. The molecule has 0 spiro atoms. The third-order valence-corrected chi connectivity index (χ3v) is 8.50. The van der Waals surface area contributed by atoms with E-state index in [4.69, 9.17) is 16.6 Å². The fourth-order valence-corrected chi connectivity index (χ4v) is 6.24. The van der Waals surface area contributed by atoms with Crippen LogP contribution in [-0.2, 0) is 4.79 Å². The molecule has 0 saturated carbocycles. The van der Waals surface area contributed by atoms with Crippen LogP contribution in [-0.4, -0.2) is 50.5 Å². The molecular formula is C34H37ClFN5O2. The first kappa shape index (κ1) is 30.4.